The maximum absolute atomic E-state index is 11.7. The highest BCUT2D eigenvalue weighted by molar-refractivity contribution is 9.10. The molecule has 0 aromatic heterocycles. The average molecular weight is 352 g/mol. The first-order valence-corrected chi connectivity index (χ1v) is 7.12. The molecule has 2 aromatic carbocycles. The van der Waals surface area contributed by atoms with Gasteiger partial charge in [0.05, 0.1) is 12.6 Å². The maximum atomic E-state index is 11.7. The van der Waals surface area contributed by atoms with Crippen molar-refractivity contribution in [2.24, 2.45) is 5.10 Å². The number of nitrogens with zero attached hydrogens (tertiary/aromatic N) is 1. The van der Waals surface area contributed by atoms with E-state index in [1.165, 1.54) is 0 Å². The van der Waals surface area contributed by atoms with Gasteiger partial charge in [-0.2, -0.15) is 5.10 Å². The van der Waals surface area contributed by atoms with E-state index in [0.717, 1.165) is 15.6 Å². The van der Waals surface area contributed by atoms with E-state index in [1.807, 2.05) is 36.4 Å². The van der Waals surface area contributed by atoms with Crippen LogP contribution in [0.1, 0.15) is 11.1 Å². The zero-order valence-electron chi connectivity index (χ0n) is 10.5. The molecule has 1 amide bonds. The third-order valence-corrected chi connectivity index (χ3v) is 3.33. The molecule has 0 aliphatic rings. The molecule has 2 aromatic rings. The van der Waals surface area contributed by atoms with Gasteiger partial charge in [0, 0.05) is 9.50 Å². The number of carbonyl (C=O) groups is 1. The van der Waals surface area contributed by atoms with Crippen LogP contribution in [0, 0.1) is 0 Å². The Hall–Kier alpha value is -1.65. The lowest BCUT2D eigenvalue weighted by Crippen LogP contribution is -2.19. The Bertz CT molecular complexity index is 609. The quantitative estimate of drug-likeness (QED) is 0.661. The van der Waals surface area contributed by atoms with Crippen LogP contribution in [0.15, 0.2) is 58.1 Å². The fourth-order valence-corrected chi connectivity index (χ4v) is 1.95. The number of hydrogen-bond donors (Lipinski definition) is 1. The molecule has 0 spiro atoms. The number of hydrazone groups is 1. The molecule has 0 aliphatic heterocycles. The third-order valence-electron chi connectivity index (χ3n) is 2.55. The number of rotatable bonds is 4. The summed E-state index contributed by atoms with van der Waals surface area (Å²) in [6.07, 6.45) is 1.88. The summed E-state index contributed by atoms with van der Waals surface area (Å²) in [6, 6.07) is 14.8. The first-order valence-electron chi connectivity index (χ1n) is 5.95. The summed E-state index contributed by atoms with van der Waals surface area (Å²) in [5, 5.41) is 4.57. The van der Waals surface area contributed by atoms with E-state index in [4.69, 9.17) is 11.6 Å². The number of benzene rings is 2. The SMILES string of the molecule is O=C(Cc1ccc(Cl)cc1)N/N=C/c1ccc(Br)cc1. The predicted molar refractivity (Wildman–Crippen MR) is 85.0 cm³/mol. The summed E-state index contributed by atoms with van der Waals surface area (Å²) < 4.78 is 1.00. The summed E-state index contributed by atoms with van der Waals surface area (Å²) in [7, 11) is 0. The van der Waals surface area contributed by atoms with Gasteiger partial charge in [-0.05, 0) is 35.4 Å². The van der Waals surface area contributed by atoms with Crippen LogP contribution >= 0.6 is 27.5 Å². The van der Waals surface area contributed by atoms with Crippen molar-refractivity contribution in [1.29, 1.82) is 0 Å². The molecular formula is C15H12BrClN2O. The standard InChI is InChI=1S/C15H12BrClN2O/c16-13-5-1-12(2-6-13)10-18-19-15(20)9-11-3-7-14(17)8-4-11/h1-8,10H,9H2,(H,19,20)/b18-10+. The zero-order valence-corrected chi connectivity index (χ0v) is 12.9. The lowest BCUT2D eigenvalue weighted by molar-refractivity contribution is -0.120. The van der Waals surface area contributed by atoms with Crippen LogP contribution < -0.4 is 5.43 Å². The normalized spacial score (nSPS) is 10.7. The molecule has 0 radical (unpaired) electrons. The van der Waals surface area contributed by atoms with E-state index >= 15 is 0 Å². The van der Waals surface area contributed by atoms with Crippen LogP contribution in [0.4, 0.5) is 0 Å². The van der Waals surface area contributed by atoms with E-state index < -0.39 is 0 Å². The van der Waals surface area contributed by atoms with Crippen LogP contribution in [-0.2, 0) is 11.2 Å². The summed E-state index contributed by atoms with van der Waals surface area (Å²) >= 11 is 9.14. The Kier molecular flexibility index (Phi) is 5.32. The highest BCUT2D eigenvalue weighted by Crippen LogP contribution is 2.10. The van der Waals surface area contributed by atoms with Gasteiger partial charge in [0.15, 0.2) is 0 Å². The summed E-state index contributed by atoms with van der Waals surface area (Å²) in [6.45, 7) is 0. The molecule has 0 fully saturated rings. The van der Waals surface area contributed by atoms with Gasteiger partial charge in [-0.15, -0.1) is 0 Å². The molecule has 0 saturated carbocycles. The molecule has 3 nitrogen and oxygen atoms in total. The lowest BCUT2D eigenvalue weighted by Gasteiger charge is -2.00. The Balaban J connectivity index is 1.85. The first-order chi connectivity index (χ1) is 9.63. The summed E-state index contributed by atoms with van der Waals surface area (Å²) in [5.41, 5.74) is 4.31. The van der Waals surface area contributed by atoms with Crippen molar-refractivity contribution in [3.05, 3.63) is 69.2 Å². The number of halogens is 2. The van der Waals surface area contributed by atoms with Crippen molar-refractivity contribution in [3.8, 4) is 0 Å². The van der Waals surface area contributed by atoms with Crippen LogP contribution in [0.25, 0.3) is 0 Å². The highest BCUT2D eigenvalue weighted by atomic mass is 79.9. The molecule has 0 unspecified atom stereocenters. The molecular weight excluding hydrogens is 340 g/mol. The maximum Gasteiger partial charge on any atom is 0.244 e. The minimum Gasteiger partial charge on any atom is -0.273 e. The highest BCUT2D eigenvalue weighted by Gasteiger charge is 2.01. The molecule has 0 saturated heterocycles. The fraction of sp³-hybridized carbons (Fsp3) is 0.0667. The second kappa shape index (κ2) is 7.22. The summed E-state index contributed by atoms with van der Waals surface area (Å²) in [4.78, 5) is 11.7. The zero-order chi connectivity index (χ0) is 14.4. The smallest absolute Gasteiger partial charge is 0.244 e. The van der Waals surface area contributed by atoms with E-state index in [-0.39, 0.29) is 12.3 Å². The second-order valence-electron chi connectivity index (χ2n) is 4.15. The van der Waals surface area contributed by atoms with Crippen LogP contribution in [0.2, 0.25) is 5.02 Å². The van der Waals surface area contributed by atoms with Crippen molar-refractivity contribution in [2.45, 2.75) is 6.42 Å². The van der Waals surface area contributed by atoms with Gasteiger partial charge < -0.3 is 0 Å². The molecule has 0 bridgehead atoms. The van der Waals surface area contributed by atoms with Gasteiger partial charge >= 0.3 is 0 Å². The molecule has 0 atom stereocenters. The fourth-order valence-electron chi connectivity index (χ4n) is 1.55. The van der Waals surface area contributed by atoms with Crippen molar-refractivity contribution in [2.75, 3.05) is 0 Å². The van der Waals surface area contributed by atoms with Crippen LogP contribution in [0.3, 0.4) is 0 Å². The third kappa shape index (κ3) is 4.79. The van der Waals surface area contributed by atoms with E-state index in [2.05, 4.69) is 26.5 Å². The topological polar surface area (TPSA) is 41.5 Å². The van der Waals surface area contributed by atoms with Crippen molar-refractivity contribution in [3.63, 3.8) is 0 Å². The van der Waals surface area contributed by atoms with Crippen molar-refractivity contribution < 1.29 is 4.79 Å². The van der Waals surface area contributed by atoms with Crippen molar-refractivity contribution >= 4 is 39.7 Å². The van der Waals surface area contributed by atoms with Crippen molar-refractivity contribution in [1.82, 2.24) is 5.43 Å². The Morgan fingerprint density at radius 1 is 1.15 bits per heavy atom. The molecule has 0 aliphatic carbocycles. The van der Waals surface area contributed by atoms with Gasteiger partial charge in [-0.1, -0.05) is 51.8 Å². The van der Waals surface area contributed by atoms with Crippen LogP contribution in [-0.4, -0.2) is 12.1 Å². The molecule has 20 heavy (non-hydrogen) atoms. The molecule has 2 rings (SSSR count). The van der Waals surface area contributed by atoms with E-state index in [0.29, 0.717) is 5.02 Å². The Morgan fingerprint density at radius 3 is 2.45 bits per heavy atom. The molecule has 0 heterocycles. The van der Waals surface area contributed by atoms with Gasteiger partial charge in [-0.3, -0.25) is 4.79 Å². The average Bonchev–Trinajstić information content (AvgIpc) is 2.44. The first kappa shape index (κ1) is 14.8. The molecule has 5 heteroatoms. The van der Waals surface area contributed by atoms with Crippen LogP contribution in [0.5, 0.6) is 0 Å². The Morgan fingerprint density at radius 2 is 1.80 bits per heavy atom. The molecule has 102 valence electrons. The lowest BCUT2D eigenvalue weighted by atomic mass is 10.1. The minimum atomic E-state index is -0.166. The number of amides is 1. The predicted octanol–water partition coefficient (Wildman–Crippen LogP) is 3.80. The second-order valence-corrected chi connectivity index (χ2v) is 5.50. The summed E-state index contributed by atoms with van der Waals surface area (Å²) in [5.74, 6) is -0.166. The van der Waals surface area contributed by atoms with E-state index in [9.17, 15) is 4.79 Å². The Labute approximate surface area is 130 Å². The number of carbonyl (C=O) groups excluding carboxylic acids is 1. The van der Waals surface area contributed by atoms with Gasteiger partial charge in [0.2, 0.25) is 5.91 Å². The largest absolute Gasteiger partial charge is 0.273 e. The molecule has 1 N–H and O–H groups in total. The van der Waals surface area contributed by atoms with Gasteiger partial charge in [-0.25, -0.2) is 5.43 Å². The van der Waals surface area contributed by atoms with Gasteiger partial charge in [0.1, 0.15) is 0 Å². The number of nitrogens with one attached hydrogen (secondary N) is 1. The number of hydrogen-bond acceptors (Lipinski definition) is 2. The monoisotopic (exact) mass is 350 g/mol. The van der Waals surface area contributed by atoms with Gasteiger partial charge in [0.25, 0.3) is 0 Å². The van der Waals surface area contributed by atoms with E-state index in [1.54, 1.807) is 18.3 Å². The minimum absolute atomic E-state index is 0.166.